The van der Waals surface area contributed by atoms with Gasteiger partial charge in [-0.05, 0) is 42.3 Å². The molecular weight excluding hydrogens is 385 g/mol. The molecule has 1 aromatic heterocycles. The van der Waals surface area contributed by atoms with Crippen LogP contribution in [-0.2, 0) is 19.7 Å². The van der Waals surface area contributed by atoms with E-state index in [4.69, 9.17) is 25.5 Å². The zero-order chi connectivity index (χ0) is 18.2. The van der Waals surface area contributed by atoms with E-state index < -0.39 is 0 Å². The van der Waals surface area contributed by atoms with Crippen LogP contribution in [-0.4, -0.2) is 6.61 Å². The minimum atomic E-state index is 0. The monoisotopic (exact) mass is 407 g/mol. The Kier molecular flexibility index (Phi) is 8.52. The fraction of sp³-hybridized carbons (Fsp3) is 0.238. The number of furan rings is 1. The maximum Gasteiger partial charge on any atom is 0.180 e. The first-order valence-electron chi connectivity index (χ1n) is 8.61. The van der Waals surface area contributed by atoms with Crippen LogP contribution in [0.1, 0.15) is 23.8 Å². The van der Waals surface area contributed by atoms with Crippen molar-refractivity contribution >= 4 is 24.0 Å². The summed E-state index contributed by atoms with van der Waals surface area (Å²) < 4.78 is 17.0. The van der Waals surface area contributed by atoms with Crippen molar-refractivity contribution in [2.24, 2.45) is 0 Å². The summed E-state index contributed by atoms with van der Waals surface area (Å²) in [4.78, 5) is 0. The molecule has 144 valence electrons. The number of ether oxygens (including phenoxy) is 2. The summed E-state index contributed by atoms with van der Waals surface area (Å²) in [5.74, 6) is 2.13. The Bertz CT molecular complexity index is 808. The lowest BCUT2D eigenvalue weighted by Gasteiger charge is -2.15. The van der Waals surface area contributed by atoms with Crippen LogP contribution >= 0.6 is 24.0 Å². The van der Waals surface area contributed by atoms with Gasteiger partial charge in [0, 0.05) is 6.54 Å². The highest BCUT2D eigenvalue weighted by Crippen LogP contribution is 2.37. The SMILES string of the molecule is CCOc1cc(CNCc2ccco2)cc(Cl)c1OCc1ccccc1.Cl. The molecule has 6 heteroatoms. The Balaban J connectivity index is 0.00000261. The van der Waals surface area contributed by atoms with Crippen molar-refractivity contribution in [1.82, 2.24) is 5.32 Å². The molecule has 27 heavy (non-hydrogen) atoms. The van der Waals surface area contributed by atoms with Gasteiger partial charge in [0.05, 0.1) is 24.4 Å². The predicted octanol–water partition coefficient (Wildman–Crippen LogP) is 5.62. The molecule has 3 aromatic rings. The van der Waals surface area contributed by atoms with E-state index in [1.165, 1.54) is 0 Å². The van der Waals surface area contributed by atoms with Gasteiger partial charge in [-0.3, -0.25) is 0 Å². The summed E-state index contributed by atoms with van der Waals surface area (Å²) in [7, 11) is 0. The lowest BCUT2D eigenvalue weighted by atomic mass is 10.2. The van der Waals surface area contributed by atoms with Crippen LogP contribution in [0, 0.1) is 0 Å². The minimum Gasteiger partial charge on any atom is -0.490 e. The molecule has 0 aliphatic rings. The first-order chi connectivity index (χ1) is 12.8. The molecule has 0 amide bonds. The zero-order valence-corrected chi connectivity index (χ0v) is 16.7. The molecule has 0 saturated carbocycles. The van der Waals surface area contributed by atoms with Crippen LogP contribution in [0.2, 0.25) is 5.02 Å². The van der Waals surface area contributed by atoms with Gasteiger partial charge in [-0.25, -0.2) is 0 Å². The standard InChI is InChI=1S/C21H22ClNO3.ClH/c1-2-24-20-12-17(13-23-14-18-9-6-10-25-18)11-19(22)21(20)26-15-16-7-4-3-5-8-16;/h3-12,23H,2,13-15H2,1H3;1H. The highest BCUT2D eigenvalue weighted by molar-refractivity contribution is 6.32. The second-order valence-electron chi connectivity index (χ2n) is 5.80. The third-order valence-corrected chi connectivity index (χ3v) is 4.08. The number of halogens is 2. The minimum absolute atomic E-state index is 0. The number of benzene rings is 2. The molecule has 1 heterocycles. The summed E-state index contributed by atoms with van der Waals surface area (Å²) in [6, 6.07) is 17.7. The van der Waals surface area contributed by atoms with Gasteiger partial charge in [0.1, 0.15) is 12.4 Å². The first-order valence-corrected chi connectivity index (χ1v) is 8.99. The third-order valence-electron chi connectivity index (χ3n) is 3.80. The Hall–Kier alpha value is -2.14. The van der Waals surface area contributed by atoms with Crippen molar-refractivity contribution < 1.29 is 13.9 Å². The van der Waals surface area contributed by atoms with Gasteiger partial charge in [-0.1, -0.05) is 41.9 Å². The van der Waals surface area contributed by atoms with Gasteiger partial charge in [-0.2, -0.15) is 0 Å². The zero-order valence-electron chi connectivity index (χ0n) is 15.1. The van der Waals surface area contributed by atoms with Crippen LogP contribution in [0.3, 0.4) is 0 Å². The predicted molar refractivity (Wildman–Crippen MR) is 110 cm³/mol. The van der Waals surface area contributed by atoms with Crippen LogP contribution in [0.4, 0.5) is 0 Å². The van der Waals surface area contributed by atoms with Crippen LogP contribution in [0.5, 0.6) is 11.5 Å². The molecule has 0 fully saturated rings. The summed E-state index contributed by atoms with van der Waals surface area (Å²) in [6.07, 6.45) is 1.67. The molecule has 2 aromatic carbocycles. The topological polar surface area (TPSA) is 43.6 Å². The molecule has 0 spiro atoms. The Morgan fingerprint density at radius 2 is 1.78 bits per heavy atom. The molecule has 0 aliphatic carbocycles. The van der Waals surface area contributed by atoms with E-state index in [2.05, 4.69) is 5.32 Å². The molecule has 0 saturated heterocycles. The quantitative estimate of drug-likeness (QED) is 0.499. The van der Waals surface area contributed by atoms with E-state index in [0.717, 1.165) is 16.9 Å². The number of hydrogen-bond acceptors (Lipinski definition) is 4. The Labute approximate surface area is 170 Å². The summed E-state index contributed by atoms with van der Waals surface area (Å²) >= 11 is 6.46. The Morgan fingerprint density at radius 1 is 0.963 bits per heavy atom. The number of rotatable bonds is 9. The van der Waals surface area contributed by atoms with Gasteiger partial charge < -0.3 is 19.2 Å². The third kappa shape index (κ3) is 6.21. The molecular formula is C21H23Cl2NO3. The van der Waals surface area contributed by atoms with Gasteiger partial charge in [0.15, 0.2) is 11.5 Å². The molecule has 0 radical (unpaired) electrons. The maximum absolute atomic E-state index is 6.46. The molecule has 0 atom stereocenters. The second-order valence-corrected chi connectivity index (χ2v) is 6.20. The largest absolute Gasteiger partial charge is 0.490 e. The average molecular weight is 408 g/mol. The van der Waals surface area contributed by atoms with Crippen molar-refractivity contribution in [2.75, 3.05) is 6.61 Å². The van der Waals surface area contributed by atoms with E-state index in [1.807, 2.05) is 61.5 Å². The van der Waals surface area contributed by atoms with Gasteiger partial charge >= 0.3 is 0 Å². The summed E-state index contributed by atoms with van der Waals surface area (Å²) in [5.41, 5.74) is 2.10. The number of nitrogens with one attached hydrogen (secondary N) is 1. The normalized spacial score (nSPS) is 10.3. The van der Waals surface area contributed by atoms with Crippen molar-refractivity contribution in [1.29, 1.82) is 0 Å². The van der Waals surface area contributed by atoms with Gasteiger partial charge in [0.25, 0.3) is 0 Å². The van der Waals surface area contributed by atoms with Gasteiger partial charge in [0.2, 0.25) is 0 Å². The highest BCUT2D eigenvalue weighted by Gasteiger charge is 2.13. The lowest BCUT2D eigenvalue weighted by Crippen LogP contribution is -2.12. The van der Waals surface area contributed by atoms with E-state index in [9.17, 15) is 0 Å². The summed E-state index contributed by atoms with van der Waals surface area (Å²) in [6.45, 7) is 4.23. The number of hydrogen-bond donors (Lipinski definition) is 1. The molecule has 1 N–H and O–H groups in total. The summed E-state index contributed by atoms with van der Waals surface area (Å²) in [5, 5.41) is 3.87. The van der Waals surface area contributed by atoms with Crippen LogP contribution < -0.4 is 14.8 Å². The fourth-order valence-electron chi connectivity index (χ4n) is 2.60. The van der Waals surface area contributed by atoms with Crippen LogP contribution in [0.25, 0.3) is 0 Å². The molecule has 0 bridgehead atoms. The second kappa shape index (κ2) is 10.9. The van der Waals surface area contributed by atoms with E-state index in [1.54, 1.807) is 6.26 Å². The average Bonchev–Trinajstić information content (AvgIpc) is 3.16. The molecule has 3 rings (SSSR count). The Morgan fingerprint density at radius 3 is 2.48 bits per heavy atom. The van der Waals surface area contributed by atoms with Crippen molar-refractivity contribution in [3.8, 4) is 11.5 Å². The molecule has 0 aliphatic heterocycles. The lowest BCUT2D eigenvalue weighted by molar-refractivity contribution is 0.269. The smallest absolute Gasteiger partial charge is 0.180 e. The molecule has 0 unspecified atom stereocenters. The van der Waals surface area contributed by atoms with Crippen LogP contribution in [0.15, 0.2) is 65.3 Å². The van der Waals surface area contributed by atoms with Crippen molar-refractivity contribution in [3.05, 3.63) is 82.8 Å². The van der Waals surface area contributed by atoms with Crippen molar-refractivity contribution in [3.63, 3.8) is 0 Å². The highest BCUT2D eigenvalue weighted by atomic mass is 35.5. The first kappa shape index (κ1) is 21.2. The van der Waals surface area contributed by atoms with Gasteiger partial charge in [-0.15, -0.1) is 12.4 Å². The van der Waals surface area contributed by atoms with E-state index >= 15 is 0 Å². The van der Waals surface area contributed by atoms with E-state index in [0.29, 0.717) is 42.8 Å². The fourth-order valence-corrected chi connectivity index (χ4v) is 2.89. The molecule has 4 nitrogen and oxygen atoms in total. The van der Waals surface area contributed by atoms with E-state index in [-0.39, 0.29) is 12.4 Å². The maximum atomic E-state index is 6.46. The van der Waals surface area contributed by atoms with Crippen molar-refractivity contribution in [2.45, 2.75) is 26.6 Å².